The summed E-state index contributed by atoms with van der Waals surface area (Å²) in [7, 11) is 5.73. The van der Waals surface area contributed by atoms with E-state index in [4.69, 9.17) is 4.74 Å². The average molecular weight is 241 g/mol. The molecule has 0 spiro atoms. The van der Waals surface area contributed by atoms with Crippen LogP contribution < -0.4 is 4.74 Å². The van der Waals surface area contributed by atoms with Crippen LogP contribution in [0, 0.1) is 0 Å². The van der Waals surface area contributed by atoms with Crippen molar-refractivity contribution in [2.24, 2.45) is 0 Å². The maximum Gasteiger partial charge on any atom is 0.137 e. The minimum Gasteiger partial charge on any atom is -0.495 e. The van der Waals surface area contributed by atoms with Crippen LogP contribution in [-0.4, -0.2) is 37.5 Å². The smallest absolute Gasteiger partial charge is 0.137 e. The molecule has 0 amide bonds. The van der Waals surface area contributed by atoms with Crippen LogP contribution in [0.2, 0.25) is 0 Å². The van der Waals surface area contributed by atoms with Gasteiger partial charge in [-0.15, -0.1) is 11.8 Å². The number of ether oxygens (including phenoxy) is 1. The highest BCUT2D eigenvalue weighted by atomic mass is 32.2. The van der Waals surface area contributed by atoms with Crippen molar-refractivity contribution in [3.8, 4) is 5.75 Å². The highest BCUT2D eigenvalue weighted by Gasteiger charge is 2.13. The van der Waals surface area contributed by atoms with Crippen molar-refractivity contribution in [1.82, 2.24) is 4.90 Å². The van der Waals surface area contributed by atoms with E-state index >= 15 is 0 Å². The molecule has 3 nitrogen and oxygen atoms in total. The molecule has 1 rings (SSSR count). The van der Waals surface area contributed by atoms with Crippen molar-refractivity contribution in [1.29, 1.82) is 0 Å². The predicted molar refractivity (Wildman–Crippen MR) is 68.1 cm³/mol. The van der Waals surface area contributed by atoms with Gasteiger partial charge in [0, 0.05) is 12.1 Å². The molecule has 4 heteroatoms. The molecular formula is C12H19NO2S. The van der Waals surface area contributed by atoms with Crippen LogP contribution >= 0.6 is 11.8 Å². The van der Waals surface area contributed by atoms with Gasteiger partial charge in [-0.1, -0.05) is 12.1 Å². The van der Waals surface area contributed by atoms with E-state index in [0.29, 0.717) is 0 Å². The Morgan fingerprint density at radius 3 is 2.38 bits per heavy atom. The molecule has 16 heavy (non-hydrogen) atoms. The lowest BCUT2D eigenvalue weighted by atomic mass is 10.1. The summed E-state index contributed by atoms with van der Waals surface area (Å²) >= 11 is 1.61. The lowest BCUT2D eigenvalue weighted by Gasteiger charge is -2.17. The van der Waals surface area contributed by atoms with Gasteiger partial charge in [0.1, 0.15) is 5.75 Å². The fourth-order valence-corrected chi connectivity index (χ4v) is 2.48. The number of nitrogens with zero attached hydrogens (tertiary/aromatic N) is 1. The maximum atomic E-state index is 9.26. The number of hydrogen-bond donors (Lipinski definition) is 1. The third kappa shape index (κ3) is 2.90. The van der Waals surface area contributed by atoms with E-state index in [1.54, 1.807) is 18.9 Å². The molecule has 0 atom stereocenters. The summed E-state index contributed by atoms with van der Waals surface area (Å²) in [6.45, 7) is 0.886. The van der Waals surface area contributed by atoms with E-state index in [9.17, 15) is 5.11 Å². The summed E-state index contributed by atoms with van der Waals surface area (Å²) in [5.74, 6) is 0.882. The van der Waals surface area contributed by atoms with Gasteiger partial charge in [0.05, 0.1) is 18.6 Å². The van der Waals surface area contributed by atoms with Crippen molar-refractivity contribution in [2.45, 2.75) is 18.0 Å². The SMILES string of the molecule is COc1c(CN(C)C)ccc(CO)c1SC. The molecule has 0 unspecified atom stereocenters. The number of thioether (sulfide) groups is 1. The average Bonchev–Trinajstić information content (AvgIpc) is 2.27. The number of rotatable bonds is 5. The first-order chi connectivity index (χ1) is 7.63. The Morgan fingerprint density at radius 2 is 1.94 bits per heavy atom. The summed E-state index contributed by atoms with van der Waals surface area (Å²) in [5.41, 5.74) is 2.07. The summed E-state index contributed by atoms with van der Waals surface area (Å²) in [4.78, 5) is 3.13. The second kappa shape index (κ2) is 6.13. The Balaban J connectivity index is 3.20. The maximum absolute atomic E-state index is 9.26. The van der Waals surface area contributed by atoms with Gasteiger partial charge in [-0.05, 0) is 25.9 Å². The van der Waals surface area contributed by atoms with E-state index < -0.39 is 0 Å². The van der Waals surface area contributed by atoms with E-state index in [1.807, 2.05) is 32.5 Å². The molecule has 0 heterocycles. The molecule has 0 radical (unpaired) electrons. The van der Waals surface area contributed by atoms with Gasteiger partial charge >= 0.3 is 0 Å². The van der Waals surface area contributed by atoms with Crippen LogP contribution in [0.25, 0.3) is 0 Å². The van der Waals surface area contributed by atoms with E-state index in [1.165, 1.54) is 0 Å². The van der Waals surface area contributed by atoms with Crippen LogP contribution in [0.4, 0.5) is 0 Å². The predicted octanol–water partition coefficient (Wildman–Crippen LogP) is 1.97. The second-order valence-corrected chi connectivity index (χ2v) is 4.66. The second-order valence-electron chi connectivity index (χ2n) is 3.85. The van der Waals surface area contributed by atoms with E-state index in [-0.39, 0.29) is 6.61 Å². The highest BCUT2D eigenvalue weighted by molar-refractivity contribution is 7.98. The third-order valence-corrected chi connectivity index (χ3v) is 3.20. The number of methoxy groups -OCH3 is 1. The van der Waals surface area contributed by atoms with Crippen molar-refractivity contribution in [3.05, 3.63) is 23.3 Å². The number of aliphatic hydroxyl groups excluding tert-OH is 1. The largest absolute Gasteiger partial charge is 0.495 e. The van der Waals surface area contributed by atoms with Crippen LogP contribution in [-0.2, 0) is 13.2 Å². The van der Waals surface area contributed by atoms with Gasteiger partial charge in [0.2, 0.25) is 0 Å². The van der Waals surface area contributed by atoms with Gasteiger partial charge in [-0.25, -0.2) is 0 Å². The fraction of sp³-hybridized carbons (Fsp3) is 0.500. The van der Waals surface area contributed by atoms with Gasteiger partial charge < -0.3 is 14.7 Å². The zero-order valence-electron chi connectivity index (χ0n) is 10.3. The van der Waals surface area contributed by atoms with Crippen molar-refractivity contribution in [2.75, 3.05) is 27.5 Å². The van der Waals surface area contributed by atoms with Crippen molar-refractivity contribution in [3.63, 3.8) is 0 Å². The minimum atomic E-state index is 0.0504. The van der Waals surface area contributed by atoms with Crippen molar-refractivity contribution >= 4 is 11.8 Å². The number of aliphatic hydroxyl groups is 1. The first-order valence-electron chi connectivity index (χ1n) is 5.12. The summed E-state index contributed by atoms with van der Waals surface area (Å²) in [6, 6.07) is 3.98. The molecule has 0 saturated carbocycles. The zero-order valence-corrected chi connectivity index (χ0v) is 11.1. The first kappa shape index (κ1) is 13.4. The standard InChI is InChI=1S/C12H19NO2S/c1-13(2)7-9-5-6-10(8-14)12(16-4)11(9)15-3/h5-6,14H,7-8H2,1-4H3. The van der Waals surface area contributed by atoms with Gasteiger partial charge in [-0.3, -0.25) is 0 Å². The molecule has 0 bridgehead atoms. The molecule has 0 aliphatic carbocycles. The van der Waals surface area contributed by atoms with Gasteiger partial charge in [0.25, 0.3) is 0 Å². The van der Waals surface area contributed by atoms with Crippen LogP contribution in [0.15, 0.2) is 17.0 Å². The monoisotopic (exact) mass is 241 g/mol. The number of hydrogen-bond acceptors (Lipinski definition) is 4. The molecule has 0 aliphatic rings. The Hall–Kier alpha value is -0.710. The van der Waals surface area contributed by atoms with E-state index in [0.717, 1.165) is 28.3 Å². The summed E-state index contributed by atoms with van der Waals surface area (Å²) in [6.07, 6.45) is 2.00. The molecule has 0 fully saturated rings. The third-order valence-electron chi connectivity index (χ3n) is 2.34. The van der Waals surface area contributed by atoms with Crippen LogP contribution in [0.1, 0.15) is 11.1 Å². The lowest BCUT2D eigenvalue weighted by Crippen LogP contribution is -2.12. The van der Waals surface area contributed by atoms with Crippen LogP contribution in [0.5, 0.6) is 5.75 Å². The Kier molecular flexibility index (Phi) is 5.12. The van der Waals surface area contributed by atoms with Crippen LogP contribution in [0.3, 0.4) is 0 Å². The molecule has 1 aromatic carbocycles. The van der Waals surface area contributed by atoms with Gasteiger partial charge in [0.15, 0.2) is 0 Å². The van der Waals surface area contributed by atoms with Gasteiger partial charge in [-0.2, -0.15) is 0 Å². The molecule has 90 valence electrons. The summed E-state index contributed by atoms with van der Waals surface area (Å²) in [5, 5.41) is 9.26. The zero-order chi connectivity index (χ0) is 12.1. The lowest BCUT2D eigenvalue weighted by molar-refractivity contribution is 0.276. The molecule has 0 aliphatic heterocycles. The summed E-state index contributed by atoms with van der Waals surface area (Å²) < 4.78 is 5.45. The highest BCUT2D eigenvalue weighted by Crippen LogP contribution is 2.35. The fourth-order valence-electron chi connectivity index (χ4n) is 1.68. The molecule has 1 aromatic rings. The Morgan fingerprint density at radius 1 is 1.31 bits per heavy atom. The molecule has 0 aromatic heterocycles. The Labute approximate surface area is 101 Å². The minimum absolute atomic E-state index is 0.0504. The van der Waals surface area contributed by atoms with E-state index in [2.05, 4.69) is 4.90 Å². The van der Waals surface area contributed by atoms with Crippen molar-refractivity contribution < 1.29 is 9.84 Å². The topological polar surface area (TPSA) is 32.7 Å². The molecule has 0 saturated heterocycles. The molecule has 1 N–H and O–H groups in total. The Bertz CT molecular complexity index is 353. The normalized spacial score (nSPS) is 10.9. The number of benzene rings is 1. The quantitative estimate of drug-likeness (QED) is 0.799. The first-order valence-corrected chi connectivity index (χ1v) is 6.34. The molecular weight excluding hydrogens is 222 g/mol.